The van der Waals surface area contributed by atoms with E-state index in [0.717, 1.165) is 61.8 Å². The summed E-state index contributed by atoms with van der Waals surface area (Å²) in [4.78, 5) is 28.9. The fraction of sp³-hybridized carbons (Fsp3) is 0.358. The second kappa shape index (κ2) is 21.4. The van der Waals surface area contributed by atoms with Crippen molar-refractivity contribution in [2.24, 2.45) is 0 Å². The third kappa shape index (κ3) is 10.6. The van der Waals surface area contributed by atoms with Crippen molar-refractivity contribution in [1.29, 1.82) is 0 Å². The van der Waals surface area contributed by atoms with Crippen molar-refractivity contribution in [1.82, 2.24) is 9.22 Å². The lowest BCUT2D eigenvalue weighted by molar-refractivity contribution is 0.0585. The molecular formula is C53H66N2O8Si. The van der Waals surface area contributed by atoms with Gasteiger partial charge in [-0.05, 0) is 122 Å². The Morgan fingerprint density at radius 3 is 1.44 bits per heavy atom. The van der Waals surface area contributed by atoms with Gasteiger partial charge >= 0.3 is 11.9 Å². The molecule has 0 aliphatic heterocycles. The molecule has 10 nitrogen and oxygen atoms in total. The summed E-state index contributed by atoms with van der Waals surface area (Å²) in [6.07, 6.45) is 4.21. The molecule has 6 rings (SSSR count). The summed E-state index contributed by atoms with van der Waals surface area (Å²) in [5, 5.41) is 9.55. The minimum Gasteiger partial charge on any atom is -0.508 e. The molecule has 4 aromatic carbocycles. The maximum atomic E-state index is 13.7. The number of aromatic hydroxyl groups is 1. The number of esters is 2. The molecule has 64 heavy (non-hydrogen) atoms. The summed E-state index contributed by atoms with van der Waals surface area (Å²) in [7, 11) is 0.530. The zero-order valence-corrected chi connectivity index (χ0v) is 40.7. The van der Waals surface area contributed by atoms with Gasteiger partial charge in [-0.15, -0.1) is 0 Å². The molecule has 0 fully saturated rings. The van der Waals surface area contributed by atoms with Crippen molar-refractivity contribution >= 4 is 20.2 Å². The Labute approximate surface area is 380 Å². The largest absolute Gasteiger partial charge is 0.508 e. The van der Waals surface area contributed by atoms with Gasteiger partial charge in [-0.2, -0.15) is 0 Å². The first-order chi connectivity index (χ1) is 30.5. The second-order valence-electron chi connectivity index (χ2n) is 17.3. The van der Waals surface area contributed by atoms with E-state index < -0.39 is 14.2 Å². The molecule has 0 unspecified atom stereocenters. The zero-order valence-electron chi connectivity index (χ0n) is 39.7. The number of phenolic OH excluding ortho intramolecular Hbond substituents is 1. The van der Waals surface area contributed by atoms with Gasteiger partial charge in [-0.1, -0.05) is 90.1 Å². The lowest BCUT2D eigenvalue weighted by Gasteiger charge is -2.44. The van der Waals surface area contributed by atoms with Crippen molar-refractivity contribution in [3.63, 3.8) is 0 Å². The van der Waals surface area contributed by atoms with Gasteiger partial charge in [0.15, 0.2) is 8.24 Å². The number of carbonyl (C=O) groups is 2. The maximum absolute atomic E-state index is 13.7. The molecule has 0 atom stereocenters. The highest BCUT2D eigenvalue weighted by Crippen LogP contribution is 2.48. The number of carbonyl (C=O) groups excluding carboxylic acids is 2. The number of H-pyrrole nitrogens is 1. The Bertz CT molecular complexity index is 2420. The van der Waals surface area contributed by atoms with Gasteiger partial charge in [-0.3, -0.25) is 0 Å². The van der Waals surface area contributed by atoms with Gasteiger partial charge in [0.2, 0.25) is 0 Å². The number of rotatable bonds is 16. The molecule has 340 valence electrons. The van der Waals surface area contributed by atoms with E-state index in [0.29, 0.717) is 34.6 Å². The molecule has 2 N–H and O–H groups in total. The summed E-state index contributed by atoms with van der Waals surface area (Å²) < 4.78 is 30.0. The minimum atomic E-state index is -2.29. The number of benzene rings is 4. The summed E-state index contributed by atoms with van der Waals surface area (Å²) in [6.45, 7) is 24.4. The SMILES string of the molecule is CCOc1ccc(-c2c(-c3ccc(OC(C)C)cc3)cn([Si](C(C)C)(C(C)C)C(C)C)c2C(=O)OC)cc1.COC(=O)c1[nH]cc(-c2ccc(OC(C)C)cc2)c1-c1ccc(O)cc1. The molecule has 0 radical (unpaired) electrons. The Morgan fingerprint density at radius 2 is 1.00 bits per heavy atom. The first kappa shape index (κ1) is 48.8. The van der Waals surface area contributed by atoms with E-state index in [2.05, 4.69) is 69.1 Å². The second-order valence-corrected chi connectivity index (χ2v) is 23.0. The first-order valence-corrected chi connectivity index (χ1v) is 24.4. The van der Waals surface area contributed by atoms with E-state index in [9.17, 15) is 14.7 Å². The third-order valence-corrected chi connectivity index (χ3v) is 18.3. The molecule has 6 aromatic rings. The lowest BCUT2D eigenvalue weighted by atomic mass is 9.96. The summed E-state index contributed by atoms with van der Waals surface area (Å²) in [5.74, 6) is 1.84. The highest BCUT2D eigenvalue weighted by Gasteiger charge is 2.48. The first-order valence-electron chi connectivity index (χ1n) is 22.2. The van der Waals surface area contributed by atoms with Gasteiger partial charge in [0.1, 0.15) is 34.4 Å². The number of nitrogens with zero attached hydrogens (tertiary/aromatic N) is 1. The van der Waals surface area contributed by atoms with Crippen molar-refractivity contribution in [3.05, 3.63) is 121 Å². The zero-order chi connectivity index (χ0) is 46.9. The van der Waals surface area contributed by atoms with Crippen LogP contribution in [0.5, 0.6) is 23.0 Å². The predicted octanol–water partition coefficient (Wildman–Crippen LogP) is 13.4. The van der Waals surface area contributed by atoms with E-state index in [1.807, 2.05) is 95.3 Å². The average Bonchev–Trinajstić information content (AvgIpc) is 3.88. The van der Waals surface area contributed by atoms with Crippen LogP contribution in [0.25, 0.3) is 44.5 Å². The molecule has 0 aliphatic rings. The van der Waals surface area contributed by atoms with Crippen molar-refractivity contribution in [2.45, 2.75) is 105 Å². The monoisotopic (exact) mass is 886 g/mol. The molecule has 0 bridgehead atoms. The number of nitrogens with one attached hydrogen (secondary N) is 1. The molecule has 0 amide bonds. The number of phenols is 1. The number of aromatic amines is 1. The van der Waals surface area contributed by atoms with E-state index in [4.69, 9.17) is 23.7 Å². The van der Waals surface area contributed by atoms with Gasteiger partial charge in [-0.25, -0.2) is 9.59 Å². The highest BCUT2D eigenvalue weighted by molar-refractivity contribution is 6.82. The Hall–Kier alpha value is -6.20. The van der Waals surface area contributed by atoms with Crippen LogP contribution >= 0.6 is 0 Å². The van der Waals surface area contributed by atoms with E-state index >= 15 is 0 Å². The van der Waals surface area contributed by atoms with Crippen LogP contribution in [0, 0.1) is 0 Å². The van der Waals surface area contributed by atoms with Crippen LogP contribution in [0.1, 0.15) is 97.1 Å². The van der Waals surface area contributed by atoms with Crippen LogP contribution < -0.4 is 14.2 Å². The molecular weight excluding hydrogens is 821 g/mol. The fourth-order valence-corrected chi connectivity index (χ4v) is 15.8. The topological polar surface area (TPSA) is 121 Å². The number of aromatic nitrogens is 2. The number of hydrogen-bond acceptors (Lipinski definition) is 8. The van der Waals surface area contributed by atoms with Crippen molar-refractivity contribution < 1.29 is 38.4 Å². The van der Waals surface area contributed by atoms with E-state index in [1.165, 1.54) is 14.2 Å². The maximum Gasteiger partial charge on any atom is 0.355 e. The van der Waals surface area contributed by atoms with Crippen LogP contribution in [-0.4, -0.2) is 67.5 Å². The van der Waals surface area contributed by atoms with Crippen LogP contribution in [0.3, 0.4) is 0 Å². The predicted molar refractivity (Wildman–Crippen MR) is 260 cm³/mol. The summed E-state index contributed by atoms with van der Waals surface area (Å²) in [6, 6.07) is 30.6. The Morgan fingerprint density at radius 1 is 0.578 bits per heavy atom. The van der Waals surface area contributed by atoms with Crippen molar-refractivity contribution in [3.8, 4) is 67.5 Å². The van der Waals surface area contributed by atoms with Crippen LogP contribution in [-0.2, 0) is 9.47 Å². The van der Waals surface area contributed by atoms with Gasteiger partial charge in [0.25, 0.3) is 0 Å². The van der Waals surface area contributed by atoms with Crippen LogP contribution in [0.4, 0.5) is 0 Å². The van der Waals surface area contributed by atoms with Gasteiger partial charge in [0.05, 0.1) is 33.0 Å². The third-order valence-electron chi connectivity index (χ3n) is 11.5. The molecule has 0 spiro atoms. The normalized spacial score (nSPS) is 11.5. The number of methoxy groups -OCH3 is 2. The van der Waals surface area contributed by atoms with Gasteiger partial charge in [0, 0.05) is 34.6 Å². The highest BCUT2D eigenvalue weighted by atomic mass is 28.3. The molecule has 11 heteroatoms. The van der Waals surface area contributed by atoms with Crippen LogP contribution in [0.15, 0.2) is 109 Å². The minimum absolute atomic E-state index is 0.0991. The summed E-state index contributed by atoms with van der Waals surface area (Å²) >= 11 is 0. The molecule has 0 saturated carbocycles. The number of ether oxygens (including phenoxy) is 5. The Kier molecular flexibility index (Phi) is 16.4. The van der Waals surface area contributed by atoms with E-state index in [1.54, 1.807) is 30.5 Å². The molecule has 0 aliphatic carbocycles. The molecule has 2 heterocycles. The van der Waals surface area contributed by atoms with Gasteiger partial charge < -0.3 is 38.0 Å². The number of hydrogen-bond donors (Lipinski definition) is 2. The molecule has 2 aromatic heterocycles. The summed E-state index contributed by atoms with van der Waals surface area (Å²) in [5.41, 5.74) is 9.48. The quantitative estimate of drug-likeness (QED) is 0.0728. The smallest absolute Gasteiger partial charge is 0.355 e. The lowest BCUT2D eigenvalue weighted by Crippen LogP contribution is -2.52. The Balaban J connectivity index is 0.000000258. The average molecular weight is 887 g/mol. The fourth-order valence-electron chi connectivity index (χ4n) is 9.15. The van der Waals surface area contributed by atoms with E-state index in [-0.39, 0.29) is 23.9 Å². The van der Waals surface area contributed by atoms with Crippen LogP contribution in [0.2, 0.25) is 16.6 Å². The van der Waals surface area contributed by atoms with Crippen molar-refractivity contribution in [2.75, 3.05) is 20.8 Å². The standard InChI is InChI=1S/C32H45NO4Si.C21H21NO4/c1-11-36-27-16-14-26(15-17-27)30-29(25-12-18-28(19-13-25)37-21(2)3)20-33(31(30)32(34)35-10)38(22(4)5,23(6)7)24(8)9;1-13(2)26-17-10-6-14(7-11-17)18-12-22-20(21(24)25-3)19(18)15-4-8-16(23)9-5-15/h12-24H,11H2,1-10H3;4-13,22-23H,1-3H3. The molecule has 0 saturated heterocycles.